The van der Waals surface area contributed by atoms with E-state index in [1.165, 1.54) is 18.5 Å². The van der Waals surface area contributed by atoms with E-state index in [-0.39, 0.29) is 5.75 Å². The van der Waals surface area contributed by atoms with Gasteiger partial charge in [-0.05, 0) is 48.4 Å². The molecule has 3 aromatic rings. The van der Waals surface area contributed by atoms with Gasteiger partial charge in [0.15, 0.2) is 0 Å². The highest BCUT2D eigenvalue weighted by molar-refractivity contribution is 5.97. The molecule has 0 aliphatic heterocycles. The number of hydrogen-bond donors (Lipinski definition) is 2. The summed E-state index contributed by atoms with van der Waals surface area (Å²) in [5.41, 5.74) is 3.51. The van der Waals surface area contributed by atoms with E-state index < -0.39 is 5.82 Å². The lowest BCUT2D eigenvalue weighted by molar-refractivity contribution is 0.419. The third kappa shape index (κ3) is 4.63. The maximum absolute atomic E-state index is 13.4. The molecule has 3 rings (SSSR count). The molecule has 0 unspecified atom stereocenters. The predicted octanol–water partition coefficient (Wildman–Crippen LogP) is 4.77. The highest BCUT2D eigenvalue weighted by atomic mass is 19.1. The first kappa shape index (κ1) is 21.0. The Morgan fingerprint density at radius 2 is 2.07 bits per heavy atom. The molecule has 6 nitrogen and oxygen atoms in total. The average Bonchev–Trinajstić information content (AvgIpc) is 2.75. The van der Waals surface area contributed by atoms with Crippen molar-refractivity contribution in [2.24, 2.45) is 4.99 Å². The second kappa shape index (κ2) is 9.17. The summed E-state index contributed by atoms with van der Waals surface area (Å²) in [7, 11) is 3.28. The minimum Gasteiger partial charge on any atom is -0.507 e. The second-order valence-corrected chi connectivity index (χ2v) is 6.67. The van der Waals surface area contributed by atoms with Crippen molar-refractivity contribution in [2.45, 2.75) is 6.92 Å². The van der Waals surface area contributed by atoms with E-state index in [1.807, 2.05) is 25.1 Å². The Bertz CT molecular complexity index is 1160. The van der Waals surface area contributed by atoms with Gasteiger partial charge >= 0.3 is 0 Å². The molecule has 2 aromatic carbocycles. The number of benzene rings is 2. The molecule has 30 heavy (non-hydrogen) atoms. The largest absolute Gasteiger partial charge is 0.507 e. The topological polar surface area (TPSA) is 79.6 Å². The van der Waals surface area contributed by atoms with Crippen LogP contribution >= 0.6 is 0 Å². The number of aliphatic imine (C=N–C) groups is 1. The molecule has 0 bridgehead atoms. The van der Waals surface area contributed by atoms with Crippen molar-refractivity contribution < 1.29 is 14.2 Å². The highest BCUT2D eigenvalue weighted by Gasteiger charge is 2.14. The van der Waals surface area contributed by atoms with Gasteiger partial charge in [-0.1, -0.05) is 12.7 Å². The van der Waals surface area contributed by atoms with Crippen molar-refractivity contribution in [3.8, 4) is 22.6 Å². The number of phenols is 1. The van der Waals surface area contributed by atoms with Crippen LogP contribution in [0.1, 0.15) is 6.92 Å². The van der Waals surface area contributed by atoms with Crippen molar-refractivity contribution >= 4 is 22.4 Å². The van der Waals surface area contributed by atoms with Crippen LogP contribution in [0, 0.1) is 5.82 Å². The minimum absolute atomic E-state index is 0.158. The van der Waals surface area contributed by atoms with Crippen LogP contribution in [-0.2, 0) is 0 Å². The minimum atomic E-state index is -0.510. The maximum Gasteiger partial charge on any atom is 0.145 e. The van der Waals surface area contributed by atoms with E-state index in [0.717, 1.165) is 17.4 Å². The van der Waals surface area contributed by atoms with Crippen molar-refractivity contribution in [3.63, 3.8) is 0 Å². The number of hydrogen-bond acceptors (Lipinski definition) is 6. The summed E-state index contributed by atoms with van der Waals surface area (Å²) in [6, 6.07) is 7.47. The highest BCUT2D eigenvalue weighted by Crippen LogP contribution is 2.37. The fraction of sp³-hybridized carbons (Fsp3) is 0.174. The van der Waals surface area contributed by atoms with Gasteiger partial charge in [0.05, 0.1) is 7.11 Å². The van der Waals surface area contributed by atoms with E-state index in [2.05, 4.69) is 26.9 Å². The molecule has 0 atom stereocenters. The zero-order valence-electron chi connectivity index (χ0n) is 17.1. The number of methoxy groups -OCH3 is 1. The summed E-state index contributed by atoms with van der Waals surface area (Å²) in [5.74, 6) is 0.446. The number of phenolic OH excluding ortho intramolecular Hbond substituents is 1. The molecule has 0 aliphatic rings. The number of fused-ring (bicyclic) bond motifs is 1. The quantitative estimate of drug-likeness (QED) is 0.437. The van der Waals surface area contributed by atoms with Crippen LogP contribution in [-0.4, -0.2) is 41.5 Å². The van der Waals surface area contributed by atoms with Gasteiger partial charge in [0.2, 0.25) is 0 Å². The molecule has 0 saturated heterocycles. The van der Waals surface area contributed by atoms with Crippen molar-refractivity contribution in [1.29, 1.82) is 0 Å². The van der Waals surface area contributed by atoms with Gasteiger partial charge in [0.25, 0.3) is 0 Å². The number of allylic oxidation sites excluding steroid dienone is 1. The van der Waals surface area contributed by atoms with Gasteiger partial charge in [0.1, 0.15) is 35.0 Å². The second-order valence-electron chi connectivity index (χ2n) is 6.67. The van der Waals surface area contributed by atoms with Crippen LogP contribution in [0.15, 0.2) is 66.0 Å². The zero-order valence-corrected chi connectivity index (χ0v) is 17.1. The Hall–Kier alpha value is -3.74. The van der Waals surface area contributed by atoms with Gasteiger partial charge in [-0.25, -0.2) is 14.4 Å². The lowest BCUT2D eigenvalue weighted by Crippen LogP contribution is -2.06. The summed E-state index contributed by atoms with van der Waals surface area (Å²) < 4.78 is 18.9. The molecule has 0 amide bonds. The Balaban J connectivity index is 2.00. The zero-order chi connectivity index (χ0) is 21.7. The van der Waals surface area contributed by atoms with Crippen molar-refractivity contribution in [1.82, 2.24) is 9.97 Å². The number of nitrogens with zero attached hydrogens (tertiary/aromatic N) is 3. The van der Waals surface area contributed by atoms with Gasteiger partial charge in [-0.15, -0.1) is 0 Å². The van der Waals surface area contributed by atoms with Crippen LogP contribution in [0.5, 0.6) is 11.5 Å². The van der Waals surface area contributed by atoms with E-state index in [1.54, 1.807) is 20.2 Å². The van der Waals surface area contributed by atoms with Crippen LogP contribution < -0.4 is 10.1 Å². The number of halogens is 1. The summed E-state index contributed by atoms with van der Waals surface area (Å²) in [4.78, 5) is 12.8. The van der Waals surface area contributed by atoms with Crippen LogP contribution in [0.4, 0.5) is 10.2 Å². The summed E-state index contributed by atoms with van der Waals surface area (Å²) in [6.45, 7) is 6.41. The molecule has 0 saturated carbocycles. The van der Waals surface area contributed by atoms with E-state index in [4.69, 9.17) is 4.74 Å². The standard InChI is InChI=1S/C23H23FN4O2/c1-14(5-6-15(2)25-3)12-26-23-19-9-16(18-8-7-17(24)11-20(18)29)10-21(30-4)22(19)27-13-28-23/h5-11,13,29H,1,12H2,2-4H3,(H,26,27,28)/b6-5-,25-15?. The maximum atomic E-state index is 13.4. The first-order valence-electron chi connectivity index (χ1n) is 9.27. The normalized spacial score (nSPS) is 11.8. The fourth-order valence-electron chi connectivity index (χ4n) is 2.91. The summed E-state index contributed by atoms with van der Waals surface area (Å²) in [5, 5.41) is 14.2. The van der Waals surface area contributed by atoms with E-state index >= 15 is 0 Å². The van der Waals surface area contributed by atoms with Gasteiger partial charge in [-0.3, -0.25) is 4.99 Å². The third-order valence-corrected chi connectivity index (χ3v) is 4.59. The first-order chi connectivity index (χ1) is 14.4. The van der Waals surface area contributed by atoms with Crippen LogP contribution in [0.2, 0.25) is 0 Å². The van der Waals surface area contributed by atoms with Gasteiger partial charge in [-0.2, -0.15) is 0 Å². The van der Waals surface area contributed by atoms with Gasteiger partial charge < -0.3 is 15.2 Å². The Morgan fingerprint density at radius 3 is 2.77 bits per heavy atom. The monoisotopic (exact) mass is 406 g/mol. The number of nitrogens with one attached hydrogen (secondary N) is 1. The molecule has 0 fully saturated rings. The number of ether oxygens (including phenoxy) is 1. The van der Waals surface area contributed by atoms with Crippen LogP contribution in [0.3, 0.4) is 0 Å². The molecule has 1 aromatic heterocycles. The summed E-state index contributed by atoms with van der Waals surface area (Å²) >= 11 is 0. The van der Waals surface area contributed by atoms with Gasteiger partial charge in [0, 0.05) is 36.3 Å². The average molecular weight is 406 g/mol. The number of aromatic nitrogens is 2. The first-order valence-corrected chi connectivity index (χ1v) is 9.27. The SMILES string of the molecule is C=C(/C=C\C(C)=NC)CNc1ncnc2c(OC)cc(-c3ccc(F)cc3O)cc12. The van der Waals surface area contributed by atoms with Crippen LogP contribution in [0.25, 0.3) is 22.0 Å². The number of rotatable bonds is 7. The van der Waals surface area contributed by atoms with E-state index in [0.29, 0.717) is 40.1 Å². The third-order valence-electron chi connectivity index (χ3n) is 4.59. The predicted molar refractivity (Wildman–Crippen MR) is 119 cm³/mol. The smallest absolute Gasteiger partial charge is 0.145 e. The Morgan fingerprint density at radius 1 is 1.27 bits per heavy atom. The molecule has 2 N–H and O–H groups in total. The Labute approximate surface area is 174 Å². The molecule has 0 aliphatic carbocycles. The Kier molecular flexibility index (Phi) is 6.41. The molecule has 0 spiro atoms. The number of aromatic hydroxyl groups is 1. The van der Waals surface area contributed by atoms with Crippen molar-refractivity contribution in [3.05, 3.63) is 66.8 Å². The molecular weight excluding hydrogens is 383 g/mol. The molecule has 0 radical (unpaired) electrons. The lowest BCUT2D eigenvalue weighted by Gasteiger charge is -2.13. The molecule has 7 heteroatoms. The number of anilines is 1. The molecule has 1 heterocycles. The molecular formula is C23H23FN4O2. The fourth-order valence-corrected chi connectivity index (χ4v) is 2.91. The summed E-state index contributed by atoms with van der Waals surface area (Å²) in [6.07, 6.45) is 5.23. The van der Waals surface area contributed by atoms with E-state index in [9.17, 15) is 9.50 Å². The van der Waals surface area contributed by atoms with Crippen molar-refractivity contribution in [2.75, 3.05) is 26.0 Å². The lowest BCUT2D eigenvalue weighted by atomic mass is 10.0. The molecule has 154 valence electrons.